The first-order valence-corrected chi connectivity index (χ1v) is 7.67. The van der Waals surface area contributed by atoms with Crippen LogP contribution >= 0.6 is 34.7 Å². The fourth-order valence-electron chi connectivity index (χ4n) is 1.89. The normalized spacial score (nSPS) is 19.7. The van der Waals surface area contributed by atoms with Gasteiger partial charge in [-0.25, -0.2) is 0 Å². The zero-order chi connectivity index (χ0) is 12.5. The Morgan fingerprint density at radius 1 is 1.44 bits per heavy atom. The molecule has 0 saturated carbocycles. The van der Waals surface area contributed by atoms with Crippen LogP contribution in [0.4, 0.5) is 0 Å². The molecule has 1 fully saturated rings. The third kappa shape index (κ3) is 2.30. The van der Waals surface area contributed by atoms with Crippen molar-refractivity contribution in [1.29, 1.82) is 0 Å². The molecule has 94 valence electrons. The molecule has 1 aliphatic heterocycles. The minimum Gasteiger partial charge on any atom is -0.467 e. The van der Waals surface area contributed by atoms with Crippen molar-refractivity contribution in [3.05, 3.63) is 45.5 Å². The zero-order valence-electron chi connectivity index (χ0n) is 9.34. The molecular formula is C12H10ClNO2S2. The van der Waals surface area contributed by atoms with Crippen LogP contribution in [-0.2, 0) is 11.3 Å². The van der Waals surface area contributed by atoms with Gasteiger partial charge in [-0.1, -0.05) is 11.6 Å². The maximum Gasteiger partial charge on any atom is 0.234 e. The van der Waals surface area contributed by atoms with Crippen molar-refractivity contribution < 1.29 is 9.21 Å². The number of carbonyl (C=O) groups is 1. The smallest absolute Gasteiger partial charge is 0.234 e. The van der Waals surface area contributed by atoms with Crippen LogP contribution < -0.4 is 0 Å². The van der Waals surface area contributed by atoms with Crippen LogP contribution in [0, 0.1) is 0 Å². The Kier molecular flexibility index (Phi) is 3.37. The lowest BCUT2D eigenvalue weighted by Crippen LogP contribution is -2.27. The fraction of sp³-hybridized carbons (Fsp3) is 0.250. The molecule has 1 aliphatic rings. The highest BCUT2D eigenvalue weighted by atomic mass is 35.5. The second kappa shape index (κ2) is 4.99. The Morgan fingerprint density at radius 2 is 2.33 bits per heavy atom. The molecule has 18 heavy (non-hydrogen) atoms. The van der Waals surface area contributed by atoms with E-state index in [4.69, 9.17) is 16.0 Å². The first-order valence-electron chi connectivity index (χ1n) is 5.43. The third-order valence-corrected chi connectivity index (χ3v) is 5.38. The highest BCUT2D eigenvalue weighted by Gasteiger charge is 2.34. The van der Waals surface area contributed by atoms with E-state index in [1.54, 1.807) is 18.0 Å². The molecule has 3 heterocycles. The molecule has 3 nitrogen and oxygen atoms in total. The fourth-order valence-corrected chi connectivity index (χ4v) is 4.38. The molecule has 0 bridgehead atoms. The average Bonchev–Trinajstić information content (AvgIpc) is 3.04. The third-order valence-electron chi connectivity index (χ3n) is 2.71. The summed E-state index contributed by atoms with van der Waals surface area (Å²) in [5.41, 5.74) is 0. The van der Waals surface area contributed by atoms with Crippen molar-refractivity contribution in [1.82, 2.24) is 4.90 Å². The van der Waals surface area contributed by atoms with E-state index in [2.05, 4.69) is 0 Å². The molecule has 1 amide bonds. The van der Waals surface area contributed by atoms with Crippen LogP contribution in [0.3, 0.4) is 0 Å². The van der Waals surface area contributed by atoms with Gasteiger partial charge in [-0.05, 0) is 24.3 Å². The highest BCUT2D eigenvalue weighted by molar-refractivity contribution is 8.00. The van der Waals surface area contributed by atoms with Crippen molar-refractivity contribution in [2.24, 2.45) is 0 Å². The Hall–Kier alpha value is -0.910. The molecule has 3 rings (SSSR count). The molecule has 2 aromatic rings. The summed E-state index contributed by atoms with van der Waals surface area (Å²) >= 11 is 9.11. The molecule has 0 aliphatic carbocycles. The molecule has 0 spiro atoms. The number of halogens is 1. The minimum absolute atomic E-state index is 0.0556. The number of furan rings is 1. The zero-order valence-corrected chi connectivity index (χ0v) is 11.7. The van der Waals surface area contributed by atoms with Gasteiger partial charge < -0.3 is 9.32 Å². The first-order chi connectivity index (χ1) is 8.74. The van der Waals surface area contributed by atoms with Gasteiger partial charge >= 0.3 is 0 Å². The maximum absolute atomic E-state index is 11.9. The van der Waals surface area contributed by atoms with Crippen LogP contribution in [0.2, 0.25) is 4.34 Å². The highest BCUT2D eigenvalue weighted by Crippen LogP contribution is 2.43. The molecule has 1 unspecified atom stereocenters. The van der Waals surface area contributed by atoms with Gasteiger partial charge in [0, 0.05) is 4.88 Å². The van der Waals surface area contributed by atoms with E-state index in [9.17, 15) is 4.79 Å². The van der Waals surface area contributed by atoms with E-state index in [0.29, 0.717) is 12.3 Å². The number of hydrogen-bond donors (Lipinski definition) is 0. The lowest BCUT2D eigenvalue weighted by molar-refractivity contribution is -0.128. The van der Waals surface area contributed by atoms with Crippen molar-refractivity contribution in [2.75, 3.05) is 5.75 Å². The van der Waals surface area contributed by atoms with E-state index >= 15 is 0 Å². The van der Waals surface area contributed by atoms with Gasteiger partial charge in [0.15, 0.2) is 0 Å². The molecule has 0 aromatic carbocycles. The number of nitrogens with zero attached hydrogens (tertiary/aromatic N) is 1. The van der Waals surface area contributed by atoms with Gasteiger partial charge in [0.25, 0.3) is 0 Å². The predicted molar refractivity (Wildman–Crippen MR) is 73.8 cm³/mol. The number of thioether (sulfide) groups is 1. The SMILES string of the molecule is O=C1CSC(c2ccc(Cl)s2)N1Cc1ccco1. The van der Waals surface area contributed by atoms with Crippen LogP contribution in [-0.4, -0.2) is 16.6 Å². The summed E-state index contributed by atoms with van der Waals surface area (Å²) in [4.78, 5) is 14.9. The van der Waals surface area contributed by atoms with Gasteiger partial charge in [0.1, 0.15) is 11.1 Å². The lowest BCUT2D eigenvalue weighted by Gasteiger charge is -2.21. The standard InChI is InChI=1S/C12H10ClNO2S2/c13-10-4-3-9(18-10)12-14(11(15)7-17-12)6-8-2-1-5-16-8/h1-5,12H,6-7H2. The summed E-state index contributed by atoms with van der Waals surface area (Å²) < 4.78 is 6.06. The number of thiophene rings is 1. The van der Waals surface area contributed by atoms with Crippen LogP contribution in [0.25, 0.3) is 0 Å². The second-order valence-corrected chi connectivity index (χ2v) is 6.72. The molecule has 0 N–H and O–H groups in total. The molecule has 1 atom stereocenters. The minimum atomic E-state index is 0.0556. The predicted octanol–water partition coefficient (Wildman–Crippen LogP) is 3.77. The van der Waals surface area contributed by atoms with E-state index in [-0.39, 0.29) is 11.3 Å². The van der Waals surface area contributed by atoms with Gasteiger partial charge in [0.05, 0.1) is 22.9 Å². The van der Waals surface area contributed by atoms with E-state index < -0.39 is 0 Å². The van der Waals surface area contributed by atoms with Gasteiger partial charge in [-0.3, -0.25) is 4.79 Å². The van der Waals surface area contributed by atoms with Gasteiger partial charge in [-0.15, -0.1) is 23.1 Å². The van der Waals surface area contributed by atoms with E-state index in [0.717, 1.165) is 15.0 Å². The average molecular weight is 300 g/mol. The maximum atomic E-state index is 11.9. The second-order valence-electron chi connectivity index (χ2n) is 3.91. The van der Waals surface area contributed by atoms with Gasteiger partial charge in [-0.2, -0.15) is 0 Å². The number of carbonyl (C=O) groups excluding carboxylic acids is 1. The monoisotopic (exact) mass is 299 g/mol. The molecular weight excluding hydrogens is 290 g/mol. The quantitative estimate of drug-likeness (QED) is 0.865. The van der Waals surface area contributed by atoms with Crippen molar-refractivity contribution in [3.63, 3.8) is 0 Å². The molecule has 2 aromatic heterocycles. The Balaban J connectivity index is 1.83. The van der Waals surface area contributed by atoms with Gasteiger partial charge in [0.2, 0.25) is 5.91 Å². The number of amides is 1. The van der Waals surface area contributed by atoms with Crippen molar-refractivity contribution in [2.45, 2.75) is 11.9 Å². The largest absolute Gasteiger partial charge is 0.467 e. The summed E-state index contributed by atoms with van der Waals surface area (Å²) in [6.07, 6.45) is 1.63. The Morgan fingerprint density at radius 3 is 3.00 bits per heavy atom. The number of hydrogen-bond acceptors (Lipinski definition) is 4. The van der Waals surface area contributed by atoms with Crippen molar-refractivity contribution in [3.8, 4) is 0 Å². The lowest BCUT2D eigenvalue weighted by atomic mass is 10.3. The summed E-state index contributed by atoms with van der Waals surface area (Å²) in [5, 5.41) is 0.0556. The first kappa shape index (κ1) is 12.1. The summed E-state index contributed by atoms with van der Waals surface area (Å²) in [7, 11) is 0. The summed E-state index contributed by atoms with van der Waals surface area (Å²) in [6, 6.07) is 7.57. The van der Waals surface area contributed by atoms with Crippen LogP contribution in [0.15, 0.2) is 34.9 Å². The molecule has 1 saturated heterocycles. The summed E-state index contributed by atoms with van der Waals surface area (Å²) in [5.74, 6) is 1.46. The van der Waals surface area contributed by atoms with E-state index in [1.807, 2.05) is 29.2 Å². The van der Waals surface area contributed by atoms with Crippen LogP contribution in [0.1, 0.15) is 16.0 Å². The Labute approximate surface area is 118 Å². The summed E-state index contributed by atoms with van der Waals surface area (Å²) in [6.45, 7) is 0.513. The topological polar surface area (TPSA) is 33.5 Å². The van der Waals surface area contributed by atoms with Crippen LogP contribution in [0.5, 0.6) is 0 Å². The number of rotatable bonds is 3. The van der Waals surface area contributed by atoms with E-state index in [1.165, 1.54) is 11.3 Å². The molecule has 6 heteroatoms. The van der Waals surface area contributed by atoms with Crippen molar-refractivity contribution >= 4 is 40.6 Å². The Bertz CT molecular complexity index is 552. The molecule has 0 radical (unpaired) electrons.